The molecule has 2 atom stereocenters. The summed E-state index contributed by atoms with van der Waals surface area (Å²) in [7, 11) is -1.89. The second kappa shape index (κ2) is 10.5. The fourth-order valence-corrected chi connectivity index (χ4v) is 7.38. The van der Waals surface area contributed by atoms with Crippen molar-refractivity contribution in [2.75, 3.05) is 33.0 Å². The van der Waals surface area contributed by atoms with Gasteiger partial charge in [-0.2, -0.15) is 0 Å². The minimum absolute atomic E-state index is 0.190. The van der Waals surface area contributed by atoms with Crippen LogP contribution in [0.4, 0.5) is 0 Å². The molecule has 3 heterocycles. The average molecular weight is 530 g/mol. The largest absolute Gasteiger partial charge is 0.335 e. The molecule has 0 aliphatic carbocycles. The number of carbonyl (C=O) groups is 1. The predicted molar refractivity (Wildman–Crippen MR) is 140 cm³/mol. The van der Waals surface area contributed by atoms with Crippen LogP contribution in [0.15, 0.2) is 18.2 Å². The zero-order valence-electron chi connectivity index (χ0n) is 21.0. The van der Waals surface area contributed by atoms with Gasteiger partial charge < -0.3 is 9.64 Å². The number of nitrogens with zero attached hydrogens (tertiary/aromatic N) is 2. The molecule has 0 spiro atoms. The standard InChI is InChI=1S/C26H31N3O5S2/c1-5-9-23(30)28-34-26(36(4,31)32)25(2,14-8-15-33-26)24-27-21-13-12-19(16-22(21)35-24)10-6-7-11-20-17-29(3)18-20/h12-13,16,20H,5,8-9,14-15,17-18H2,1-4H3,(H,28,30)/t25-,26-/m1/s1. The molecule has 2 saturated heterocycles. The lowest BCUT2D eigenvalue weighted by Gasteiger charge is -2.47. The van der Waals surface area contributed by atoms with Crippen molar-refractivity contribution >= 4 is 37.3 Å². The molecule has 192 valence electrons. The van der Waals surface area contributed by atoms with Gasteiger partial charge in [-0.15, -0.1) is 11.3 Å². The number of likely N-dealkylation sites (tertiary alicyclic amines) is 1. The first-order valence-corrected chi connectivity index (χ1v) is 14.7. The summed E-state index contributed by atoms with van der Waals surface area (Å²) in [4.78, 5) is 24.8. The Morgan fingerprint density at radius 3 is 2.83 bits per heavy atom. The Balaban J connectivity index is 1.65. The van der Waals surface area contributed by atoms with Crippen molar-refractivity contribution in [3.05, 3.63) is 28.8 Å². The van der Waals surface area contributed by atoms with Gasteiger partial charge in [0, 0.05) is 37.2 Å². The fourth-order valence-electron chi connectivity index (χ4n) is 4.59. The van der Waals surface area contributed by atoms with Crippen molar-refractivity contribution in [1.82, 2.24) is 15.4 Å². The van der Waals surface area contributed by atoms with E-state index in [0.29, 0.717) is 30.2 Å². The van der Waals surface area contributed by atoms with Gasteiger partial charge in [0.1, 0.15) is 5.01 Å². The second-order valence-corrected chi connectivity index (χ2v) is 12.7. The Labute approximate surface area is 216 Å². The van der Waals surface area contributed by atoms with Crippen LogP contribution in [0.5, 0.6) is 0 Å². The van der Waals surface area contributed by atoms with Crippen LogP contribution < -0.4 is 5.48 Å². The fraction of sp³-hybridized carbons (Fsp3) is 0.538. The number of fused-ring (bicyclic) bond motifs is 1. The number of amides is 1. The first-order valence-electron chi connectivity index (χ1n) is 12.0. The molecule has 0 bridgehead atoms. The second-order valence-electron chi connectivity index (χ2n) is 9.63. The molecule has 0 radical (unpaired) electrons. The van der Waals surface area contributed by atoms with Gasteiger partial charge in [-0.3, -0.25) is 4.79 Å². The SMILES string of the molecule is CCCC(=O)NO[C@]1(S(C)(=O)=O)OCCC[C@]1(C)c1nc2ccc(C#CC#CC3CN(C)C3)cc2s1. The summed E-state index contributed by atoms with van der Waals surface area (Å²) in [5, 5.41) is -1.53. The number of nitrogens with one attached hydrogen (secondary N) is 1. The Morgan fingerprint density at radius 2 is 2.14 bits per heavy atom. The third-order valence-electron chi connectivity index (χ3n) is 6.52. The molecule has 2 fully saturated rings. The summed E-state index contributed by atoms with van der Waals surface area (Å²) < 4.78 is 33.0. The van der Waals surface area contributed by atoms with E-state index in [1.165, 1.54) is 11.3 Å². The van der Waals surface area contributed by atoms with Gasteiger partial charge in [-0.25, -0.2) is 23.7 Å². The molecular formula is C26H31N3O5S2. The number of rotatable bonds is 6. The molecule has 36 heavy (non-hydrogen) atoms. The molecule has 2 aliphatic heterocycles. The highest BCUT2D eigenvalue weighted by atomic mass is 32.2. The maximum atomic E-state index is 13.1. The van der Waals surface area contributed by atoms with Crippen LogP contribution in [-0.2, 0) is 29.6 Å². The van der Waals surface area contributed by atoms with E-state index >= 15 is 0 Å². The van der Waals surface area contributed by atoms with Crippen LogP contribution in [0.1, 0.15) is 50.1 Å². The summed E-state index contributed by atoms with van der Waals surface area (Å²) in [5.74, 6) is 12.1. The number of sulfone groups is 1. The normalized spacial score (nSPS) is 24.8. The minimum atomic E-state index is -3.96. The average Bonchev–Trinajstić information content (AvgIpc) is 3.23. The number of ether oxygens (including phenoxy) is 1. The highest BCUT2D eigenvalue weighted by molar-refractivity contribution is 7.91. The zero-order valence-corrected chi connectivity index (χ0v) is 22.6. The van der Waals surface area contributed by atoms with E-state index in [4.69, 9.17) is 14.6 Å². The van der Waals surface area contributed by atoms with Gasteiger partial charge in [-0.1, -0.05) is 18.8 Å². The predicted octanol–water partition coefficient (Wildman–Crippen LogP) is 2.83. The van der Waals surface area contributed by atoms with Crippen molar-refractivity contribution in [3.8, 4) is 23.7 Å². The highest BCUT2D eigenvalue weighted by Crippen LogP contribution is 2.50. The first-order chi connectivity index (χ1) is 17.1. The van der Waals surface area contributed by atoms with Gasteiger partial charge >= 0.3 is 5.12 Å². The summed E-state index contributed by atoms with van der Waals surface area (Å²) in [6, 6.07) is 5.68. The minimum Gasteiger partial charge on any atom is -0.335 e. The van der Waals surface area contributed by atoms with E-state index in [0.717, 1.165) is 35.1 Å². The van der Waals surface area contributed by atoms with Crippen LogP contribution in [-0.4, -0.2) is 62.3 Å². The third-order valence-corrected chi connectivity index (χ3v) is 9.43. The monoisotopic (exact) mass is 529 g/mol. The number of hydrogen-bond donors (Lipinski definition) is 1. The first kappa shape index (κ1) is 26.6. The molecule has 0 unspecified atom stereocenters. The van der Waals surface area contributed by atoms with Crippen LogP contribution in [0.3, 0.4) is 0 Å². The van der Waals surface area contributed by atoms with Crippen molar-refractivity contribution in [3.63, 3.8) is 0 Å². The molecule has 10 heteroatoms. The Bertz CT molecular complexity index is 1370. The topological polar surface area (TPSA) is 97.8 Å². The van der Waals surface area contributed by atoms with Crippen LogP contribution in [0.25, 0.3) is 10.2 Å². The maximum Gasteiger partial charge on any atom is 0.307 e. The molecule has 1 aromatic heterocycles. The molecule has 4 rings (SSSR count). The van der Waals surface area contributed by atoms with Crippen LogP contribution in [0, 0.1) is 29.6 Å². The number of aromatic nitrogens is 1. The smallest absolute Gasteiger partial charge is 0.307 e. The van der Waals surface area contributed by atoms with Gasteiger partial charge in [-0.05, 0) is 63.3 Å². The summed E-state index contributed by atoms with van der Waals surface area (Å²) in [5.41, 5.74) is 2.71. The van der Waals surface area contributed by atoms with Crippen molar-refractivity contribution < 1.29 is 22.8 Å². The molecule has 2 aromatic rings. The number of thiazole rings is 1. The molecule has 8 nitrogen and oxygen atoms in total. The van der Waals surface area contributed by atoms with Gasteiger partial charge in [0.05, 0.1) is 22.2 Å². The van der Waals surface area contributed by atoms with Crippen molar-refractivity contribution in [1.29, 1.82) is 0 Å². The zero-order chi connectivity index (χ0) is 26.0. The summed E-state index contributed by atoms with van der Waals surface area (Å²) >= 11 is 1.38. The van der Waals surface area contributed by atoms with E-state index in [1.54, 1.807) is 6.92 Å². The molecule has 2 aliphatic rings. The Morgan fingerprint density at radius 1 is 1.36 bits per heavy atom. The van der Waals surface area contributed by atoms with Crippen molar-refractivity contribution in [2.24, 2.45) is 5.92 Å². The molecule has 1 N–H and O–H groups in total. The van der Waals surface area contributed by atoms with E-state index < -0.39 is 26.3 Å². The molecule has 1 amide bonds. The maximum absolute atomic E-state index is 13.1. The highest BCUT2D eigenvalue weighted by Gasteiger charge is 2.63. The van der Waals surface area contributed by atoms with Gasteiger partial charge in [0.15, 0.2) is 0 Å². The van der Waals surface area contributed by atoms with Gasteiger partial charge in [0.25, 0.3) is 0 Å². The Kier molecular flexibility index (Phi) is 7.75. The lowest BCUT2D eigenvalue weighted by atomic mass is 9.83. The van der Waals surface area contributed by atoms with E-state index in [-0.39, 0.29) is 13.0 Å². The quantitative estimate of drug-likeness (QED) is 0.454. The van der Waals surface area contributed by atoms with E-state index in [1.807, 2.05) is 25.1 Å². The summed E-state index contributed by atoms with van der Waals surface area (Å²) in [6.45, 7) is 5.77. The Hall–Kier alpha value is -2.47. The number of hydrogen-bond acceptors (Lipinski definition) is 8. The van der Waals surface area contributed by atoms with Crippen molar-refractivity contribution in [2.45, 2.75) is 50.1 Å². The molecule has 0 saturated carbocycles. The summed E-state index contributed by atoms with van der Waals surface area (Å²) in [6.07, 6.45) is 2.96. The lowest BCUT2D eigenvalue weighted by molar-refractivity contribution is -0.260. The van der Waals surface area contributed by atoms with Crippen LogP contribution in [0.2, 0.25) is 0 Å². The molecular weight excluding hydrogens is 498 g/mol. The van der Waals surface area contributed by atoms with Crippen LogP contribution >= 0.6 is 11.3 Å². The number of hydroxylamine groups is 1. The van der Waals surface area contributed by atoms with E-state index in [2.05, 4.69) is 41.1 Å². The number of benzene rings is 1. The third kappa shape index (κ3) is 5.15. The van der Waals surface area contributed by atoms with Gasteiger partial charge in [0.2, 0.25) is 15.7 Å². The lowest BCUT2D eigenvalue weighted by Crippen LogP contribution is -2.63. The molecule has 1 aromatic carbocycles. The number of carbonyl (C=O) groups excluding carboxylic acids is 1. The van der Waals surface area contributed by atoms with E-state index in [9.17, 15) is 13.2 Å².